The zero-order chi connectivity index (χ0) is 11.5. The molecule has 1 heterocycles. The quantitative estimate of drug-likeness (QED) is 0.798. The van der Waals surface area contributed by atoms with Crippen LogP contribution in [0.5, 0.6) is 0 Å². The van der Waals surface area contributed by atoms with Crippen molar-refractivity contribution < 1.29 is 18.3 Å². The molecule has 0 radical (unpaired) electrons. The molecule has 84 valence electrons. The van der Waals surface area contributed by atoms with E-state index >= 15 is 0 Å². The molecule has 0 unspecified atom stereocenters. The average molecular weight is 221 g/mol. The van der Waals surface area contributed by atoms with E-state index in [9.17, 15) is 13.2 Å². The monoisotopic (exact) mass is 221 g/mol. The summed E-state index contributed by atoms with van der Waals surface area (Å²) in [5, 5.41) is 8.53. The normalized spacial score (nSPS) is 11.7. The second-order valence-electron chi connectivity index (χ2n) is 2.93. The predicted molar refractivity (Wildman–Crippen MR) is 46.9 cm³/mol. The number of alkyl halides is 3. The Morgan fingerprint density at radius 3 is 2.60 bits per heavy atom. The maximum Gasteiger partial charge on any atom is 0.433 e. The van der Waals surface area contributed by atoms with Crippen LogP contribution in [0.1, 0.15) is 17.7 Å². The summed E-state index contributed by atoms with van der Waals surface area (Å²) >= 11 is 0. The van der Waals surface area contributed by atoms with Gasteiger partial charge in [-0.1, -0.05) is 0 Å². The van der Waals surface area contributed by atoms with Gasteiger partial charge in [-0.05, 0) is 12.8 Å². The first-order chi connectivity index (χ1) is 6.95. The Labute approximate surface area is 84.0 Å². The highest BCUT2D eigenvalue weighted by molar-refractivity contribution is 5.27. The van der Waals surface area contributed by atoms with Crippen molar-refractivity contribution in [2.24, 2.45) is 0 Å². The van der Waals surface area contributed by atoms with Gasteiger partial charge >= 0.3 is 6.18 Å². The second kappa shape index (κ2) is 4.43. The van der Waals surface area contributed by atoms with E-state index < -0.39 is 17.8 Å². The molecular weight excluding hydrogens is 211 g/mol. The van der Waals surface area contributed by atoms with Gasteiger partial charge in [0.25, 0.3) is 0 Å². The van der Waals surface area contributed by atoms with Gasteiger partial charge in [-0.25, -0.2) is 9.97 Å². The number of nitrogens with zero attached hydrogens (tertiary/aromatic N) is 2. The molecule has 0 atom stereocenters. The number of rotatable bonds is 3. The molecule has 4 nitrogen and oxygen atoms in total. The van der Waals surface area contributed by atoms with Crippen LogP contribution in [0.25, 0.3) is 0 Å². The number of aryl methyl sites for hydroxylation is 1. The second-order valence-corrected chi connectivity index (χ2v) is 2.93. The molecular formula is C8H10F3N3O. The van der Waals surface area contributed by atoms with Gasteiger partial charge in [-0.2, -0.15) is 13.2 Å². The summed E-state index contributed by atoms with van der Waals surface area (Å²) in [5.41, 5.74) is 4.01. The molecule has 0 bridgehead atoms. The lowest BCUT2D eigenvalue weighted by Gasteiger charge is -2.10. The molecule has 3 N–H and O–H groups in total. The highest BCUT2D eigenvalue weighted by Gasteiger charge is 2.35. The number of hydrogen-bond donors (Lipinski definition) is 2. The van der Waals surface area contributed by atoms with Crippen molar-refractivity contribution in [3.05, 3.63) is 17.5 Å². The Bertz CT molecular complexity index is 340. The minimum atomic E-state index is -4.54. The summed E-state index contributed by atoms with van der Waals surface area (Å²) in [6.07, 6.45) is -3.19. The summed E-state index contributed by atoms with van der Waals surface area (Å²) in [4.78, 5) is 6.65. The van der Waals surface area contributed by atoms with Crippen molar-refractivity contribution in [3.63, 3.8) is 0 Å². The average Bonchev–Trinajstić information content (AvgIpc) is 2.14. The van der Waals surface area contributed by atoms with Crippen LogP contribution >= 0.6 is 0 Å². The number of nitrogens with two attached hydrogens (primary N) is 1. The molecule has 1 rings (SSSR count). The van der Waals surface area contributed by atoms with Crippen molar-refractivity contribution in [1.82, 2.24) is 9.97 Å². The molecule has 0 saturated heterocycles. The van der Waals surface area contributed by atoms with Gasteiger partial charge in [0, 0.05) is 18.4 Å². The van der Waals surface area contributed by atoms with E-state index in [0.717, 1.165) is 6.20 Å². The Kier molecular flexibility index (Phi) is 3.46. The molecule has 0 saturated carbocycles. The van der Waals surface area contributed by atoms with Gasteiger partial charge in [-0.15, -0.1) is 0 Å². The number of halogens is 3. The summed E-state index contributed by atoms with van der Waals surface area (Å²) in [5.74, 6) is -0.407. The first kappa shape index (κ1) is 11.7. The fourth-order valence-corrected chi connectivity index (χ4v) is 1.12. The minimum absolute atomic E-state index is 0.0502. The number of aliphatic hydroxyl groups is 1. The predicted octanol–water partition coefficient (Wildman–Crippen LogP) is 1.00. The van der Waals surface area contributed by atoms with Crippen LogP contribution in [0.4, 0.5) is 19.1 Å². The van der Waals surface area contributed by atoms with E-state index in [1.165, 1.54) is 0 Å². The maximum atomic E-state index is 12.4. The van der Waals surface area contributed by atoms with Crippen LogP contribution in [0.3, 0.4) is 0 Å². The van der Waals surface area contributed by atoms with Crippen LogP contribution < -0.4 is 5.73 Å². The molecule has 1 aromatic heterocycles. The van der Waals surface area contributed by atoms with Crippen molar-refractivity contribution >= 4 is 5.95 Å². The first-order valence-electron chi connectivity index (χ1n) is 4.24. The van der Waals surface area contributed by atoms with Gasteiger partial charge < -0.3 is 10.8 Å². The van der Waals surface area contributed by atoms with E-state index in [-0.39, 0.29) is 25.0 Å². The standard InChI is InChI=1S/C8H10F3N3O/c9-8(10,11)6-5(2-1-3-15)4-13-7(12)14-6/h4,15H,1-3H2,(H2,12,13,14). The molecule has 15 heavy (non-hydrogen) atoms. The minimum Gasteiger partial charge on any atom is -0.396 e. The highest BCUT2D eigenvalue weighted by Crippen LogP contribution is 2.30. The van der Waals surface area contributed by atoms with E-state index in [4.69, 9.17) is 10.8 Å². The van der Waals surface area contributed by atoms with E-state index in [1.54, 1.807) is 0 Å². The van der Waals surface area contributed by atoms with Crippen LogP contribution in [-0.2, 0) is 12.6 Å². The van der Waals surface area contributed by atoms with Crippen LogP contribution in [0.2, 0.25) is 0 Å². The summed E-state index contributed by atoms with van der Waals surface area (Å²) < 4.78 is 37.3. The number of hydrogen-bond acceptors (Lipinski definition) is 4. The fraction of sp³-hybridized carbons (Fsp3) is 0.500. The summed E-state index contributed by atoms with van der Waals surface area (Å²) in [6, 6.07) is 0. The van der Waals surface area contributed by atoms with E-state index in [0.29, 0.717) is 0 Å². The van der Waals surface area contributed by atoms with Gasteiger partial charge in [0.1, 0.15) is 0 Å². The molecule has 0 fully saturated rings. The van der Waals surface area contributed by atoms with Crippen molar-refractivity contribution in [1.29, 1.82) is 0 Å². The lowest BCUT2D eigenvalue weighted by Crippen LogP contribution is -2.14. The van der Waals surface area contributed by atoms with Crippen molar-refractivity contribution in [2.45, 2.75) is 19.0 Å². The maximum absolute atomic E-state index is 12.4. The lowest BCUT2D eigenvalue weighted by atomic mass is 10.1. The van der Waals surface area contributed by atoms with Gasteiger partial charge in [0.05, 0.1) is 0 Å². The van der Waals surface area contributed by atoms with Gasteiger partial charge in [0.15, 0.2) is 5.69 Å². The third kappa shape index (κ3) is 3.05. The zero-order valence-electron chi connectivity index (χ0n) is 7.75. The molecule has 1 aromatic rings. The first-order valence-corrected chi connectivity index (χ1v) is 4.24. The van der Waals surface area contributed by atoms with Crippen LogP contribution in [0, 0.1) is 0 Å². The molecule has 0 aliphatic carbocycles. The SMILES string of the molecule is Nc1ncc(CCCO)c(C(F)(F)F)n1. The van der Waals surface area contributed by atoms with Crippen LogP contribution in [-0.4, -0.2) is 21.7 Å². The highest BCUT2D eigenvalue weighted by atomic mass is 19.4. The molecule has 7 heteroatoms. The molecule has 0 aliphatic rings. The van der Waals surface area contributed by atoms with E-state index in [1.807, 2.05) is 0 Å². The fourth-order valence-electron chi connectivity index (χ4n) is 1.12. The topological polar surface area (TPSA) is 72.0 Å². The Hall–Kier alpha value is -1.37. The Morgan fingerprint density at radius 2 is 2.07 bits per heavy atom. The molecule has 0 spiro atoms. The number of aliphatic hydroxyl groups excluding tert-OH is 1. The summed E-state index contributed by atoms with van der Waals surface area (Å²) in [6.45, 7) is -0.179. The molecule has 0 amide bonds. The Morgan fingerprint density at radius 1 is 1.40 bits per heavy atom. The number of aromatic nitrogens is 2. The zero-order valence-corrected chi connectivity index (χ0v) is 7.75. The van der Waals surface area contributed by atoms with Crippen molar-refractivity contribution in [2.75, 3.05) is 12.3 Å². The van der Waals surface area contributed by atoms with Crippen LogP contribution in [0.15, 0.2) is 6.20 Å². The number of anilines is 1. The largest absolute Gasteiger partial charge is 0.433 e. The van der Waals surface area contributed by atoms with Gasteiger partial charge in [0.2, 0.25) is 5.95 Å². The summed E-state index contributed by atoms with van der Waals surface area (Å²) in [7, 11) is 0. The lowest BCUT2D eigenvalue weighted by molar-refractivity contribution is -0.141. The van der Waals surface area contributed by atoms with Crippen molar-refractivity contribution in [3.8, 4) is 0 Å². The third-order valence-corrected chi connectivity index (χ3v) is 1.76. The molecule has 0 aromatic carbocycles. The molecule has 0 aliphatic heterocycles. The Balaban J connectivity index is 3.04. The van der Waals surface area contributed by atoms with Gasteiger partial charge in [-0.3, -0.25) is 0 Å². The smallest absolute Gasteiger partial charge is 0.396 e. The third-order valence-electron chi connectivity index (χ3n) is 1.76. The van der Waals surface area contributed by atoms with E-state index in [2.05, 4.69) is 9.97 Å². The number of nitrogen functional groups attached to an aromatic ring is 1.